The first-order valence-corrected chi connectivity index (χ1v) is 9.29. The van der Waals surface area contributed by atoms with Crippen LogP contribution in [-0.4, -0.2) is 96.8 Å². The van der Waals surface area contributed by atoms with E-state index in [1.54, 1.807) is 0 Å². The van der Waals surface area contributed by atoms with Gasteiger partial charge in [0.1, 0.15) is 12.2 Å². The number of piperidine rings is 2. The van der Waals surface area contributed by atoms with E-state index in [0.29, 0.717) is 6.04 Å². The average molecular weight is 327 g/mol. The Kier molecular flexibility index (Phi) is 6.29. The summed E-state index contributed by atoms with van der Waals surface area (Å²) in [7, 11) is 2.17. The van der Waals surface area contributed by atoms with Gasteiger partial charge in [0, 0.05) is 12.6 Å². The highest BCUT2D eigenvalue weighted by Gasteiger charge is 2.46. The van der Waals surface area contributed by atoms with Gasteiger partial charge in [-0.3, -0.25) is 4.90 Å². The molecule has 3 aliphatic heterocycles. The van der Waals surface area contributed by atoms with Crippen LogP contribution in [0.3, 0.4) is 0 Å². The smallest absolute Gasteiger partial charge is 0.109 e. The average Bonchev–Trinajstić information content (AvgIpc) is 2.91. The number of hydrogen-bond donors (Lipinski definition) is 3. The van der Waals surface area contributed by atoms with Gasteiger partial charge in [-0.25, -0.2) is 0 Å². The third kappa shape index (κ3) is 4.24. The molecule has 3 N–H and O–H groups in total. The number of rotatable bonds is 5. The molecule has 3 aliphatic rings. The zero-order chi connectivity index (χ0) is 16.2. The summed E-state index contributed by atoms with van der Waals surface area (Å²) in [6.45, 7) is 5.02. The molecule has 0 aliphatic carbocycles. The van der Waals surface area contributed by atoms with Crippen molar-refractivity contribution in [3.05, 3.63) is 0 Å². The molecule has 6 nitrogen and oxygen atoms in total. The maximum atomic E-state index is 10.6. The van der Waals surface area contributed by atoms with Crippen molar-refractivity contribution in [1.29, 1.82) is 0 Å². The van der Waals surface area contributed by atoms with Crippen LogP contribution in [0.5, 0.6) is 0 Å². The number of nitrogens with one attached hydrogen (secondary N) is 1. The molecule has 134 valence electrons. The van der Waals surface area contributed by atoms with Crippen molar-refractivity contribution in [3.8, 4) is 0 Å². The molecular formula is C17H33N3O3. The minimum atomic E-state index is -0.581. The predicted molar refractivity (Wildman–Crippen MR) is 89.5 cm³/mol. The van der Waals surface area contributed by atoms with Crippen molar-refractivity contribution in [2.45, 2.75) is 62.5 Å². The van der Waals surface area contributed by atoms with Crippen molar-refractivity contribution >= 4 is 0 Å². The first-order valence-electron chi connectivity index (χ1n) is 9.29. The molecular weight excluding hydrogens is 294 g/mol. The van der Waals surface area contributed by atoms with Crippen LogP contribution >= 0.6 is 0 Å². The Morgan fingerprint density at radius 1 is 1.04 bits per heavy atom. The highest BCUT2D eigenvalue weighted by atomic mass is 16.5. The Morgan fingerprint density at radius 2 is 1.74 bits per heavy atom. The molecule has 0 amide bonds. The minimum absolute atomic E-state index is 0.0196. The summed E-state index contributed by atoms with van der Waals surface area (Å²) in [5.41, 5.74) is 0. The summed E-state index contributed by atoms with van der Waals surface area (Å²) in [4.78, 5) is 4.75. The quantitative estimate of drug-likeness (QED) is 0.641. The number of aliphatic hydroxyl groups excluding tert-OH is 2. The summed E-state index contributed by atoms with van der Waals surface area (Å²) in [6, 6.07) is 0.563. The van der Waals surface area contributed by atoms with Crippen LogP contribution in [0.25, 0.3) is 0 Å². The molecule has 6 heteroatoms. The summed E-state index contributed by atoms with van der Waals surface area (Å²) in [5.74, 6) is 0. The maximum Gasteiger partial charge on any atom is 0.109 e. The van der Waals surface area contributed by atoms with E-state index >= 15 is 0 Å². The Bertz CT molecular complexity index is 357. The zero-order valence-electron chi connectivity index (χ0n) is 14.4. The second-order valence-electron chi connectivity index (χ2n) is 7.46. The van der Waals surface area contributed by atoms with Gasteiger partial charge in [-0.2, -0.15) is 0 Å². The third-order valence-corrected chi connectivity index (χ3v) is 5.78. The summed E-state index contributed by atoms with van der Waals surface area (Å²) < 4.78 is 5.99. The van der Waals surface area contributed by atoms with Crippen LogP contribution in [0, 0.1) is 0 Å². The first kappa shape index (κ1) is 17.6. The molecule has 3 fully saturated rings. The van der Waals surface area contributed by atoms with Crippen molar-refractivity contribution in [2.24, 2.45) is 0 Å². The van der Waals surface area contributed by atoms with E-state index in [1.165, 1.54) is 32.1 Å². The van der Waals surface area contributed by atoms with E-state index in [4.69, 9.17) is 4.74 Å². The number of nitrogens with zero attached hydrogens (tertiary/aromatic N) is 2. The van der Waals surface area contributed by atoms with Crippen LogP contribution < -0.4 is 5.32 Å². The molecule has 3 heterocycles. The van der Waals surface area contributed by atoms with Gasteiger partial charge in [0.15, 0.2) is 0 Å². The molecule has 0 spiro atoms. The van der Waals surface area contributed by atoms with E-state index in [9.17, 15) is 10.2 Å². The Labute approximate surface area is 139 Å². The molecule has 23 heavy (non-hydrogen) atoms. The fourth-order valence-corrected chi connectivity index (χ4v) is 4.31. The SMILES string of the molecule is CN1CCC(NC[C@H]2O[C@@H](CO)[C@@H](O)[C@H]2N2CCCCC2)CC1. The fourth-order valence-electron chi connectivity index (χ4n) is 4.31. The maximum absolute atomic E-state index is 10.6. The van der Waals surface area contributed by atoms with Crippen molar-refractivity contribution in [2.75, 3.05) is 46.4 Å². The highest BCUT2D eigenvalue weighted by molar-refractivity contribution is 4.98. The molecule has 4 atom stereocenters. The number of ether oxygens (including phenoxy) is 1. The van der Waals surface area contributed by atoms with Crippen molar-refractivity contribution < 1.29 is 14.9 Å². The molecule has 3 saturated heterocycles. The van der Waals surface area contributed by atoms with Crippen LogP contribution in [-0.2, 0) is 4.74 Å². The van der Waals surface area contributed by atoms with E-state index in [0.717, 1.165) is 32.7 Å². The summed E-state index contributed by atoms with van der Waals surface area (Å²) >= 11 is 0. The molecule has 3 rings (SSSR count). The number of hydrogen-bond acceptors (Lipinski definition) is 6. The molecule has 0 aromatic rings. The van der Waals surface area contributed by atoms with Gasteiger partial charge in [0.2, 0.25) is 0 Å². The van der Waals surface area contributed by atoms with Crippen molar-refractivity contribution in [3.63, 3.8) is 0 Å². The Morgan fingerprint density at radius 3 is 2.39 bits per heavy atom. The lowest BCUT2D eigenvalue weighted by atomic mass is 9.98. The van der Waals surface area contributed by atoms with E-state index in [-0.39, 0.29) is 18.8 Å². The zero-order valence-corrected chi connectivity index (χ0v) is 14.4. The van der Waals surface area contributed by atoms with Gasteiger partial charge in [-0.05, 0) is 58.9 Å². The molecule has 0 aromatic carbocycles. The molecule has 0 radical (unpaired) electrons. The standard InChI is InChI=1S/C17H33N3O3/c1-19-9-5-13(6-10-19)18-11-14-16(17(22)15(12-21)23-14)20-7-3-2-4-8-20/h13-18,21-22H,2-12H2,1H3/t14-,15+,16+,17-/m1/s1. The summed E-state index contributed by atoms with van der Waals surface area (Å²) in [5, 5.41) is 23.7. The van der Waals surface area contributed by atoms with Gasteiger partial charge in [0.05, 0.1) is 18.8 Å². The Hall–Kier alpha value is -0.240. The number of likely N-dealkylation sites (tertiary alicyclic amines) is 2. The normalized spacial score (nSPS) is 38.2. The third-order valence-electron chi connectivity index (χ3n) is 5.78. The lowest BCUT2D eigenvalue weighted by molar-refractivity contribution is -0.0222. The van der Waals surface area contributed by atoms with Gasteiger partial charge < -0.3 is 25.2 Å². The predicted octanol–water partition coefficient (Wildman–Crippen LogP) is -0.355. The minimum Gasteiger partial charge on any atom is -0.394 e. The van der Waals surface area contributed by atoms with Crippen molar-refractivity contribution in [1.82, 2.24) is 15.1 Å². The largest absolute Gasteiger partial charge is 0.394 e. The first-order chi connectivity index (χ1) is 11.2. The highest BCUT2D eigenvalue weighted by Crippen LogP contribution is 2.28. The number of aliphatic hydroxyl groups is 2. The second kappa shape index (κ2) is 8.23. The molecule has 0 bridgehead atoms. The Balaban J connectivity index is 1.56. The van der Waals surface area contributed by atoms with Gasteiger partial charge in [0.25, 0.3) is 0 Å². The lowest BCUT2D eigenvalue weighted by Gasteiger charge is -2.37. The van der Waals surface area contributed by atoms with Gasteiger partial charge in [-0.15, -0.1) is 0 Å². The van der Waals surface area contributed by atoms with Gasteiger partial charge in [-0.1, -0.05) is 6.42 Å². The topological polar surface area (TPSA) is 68.2 Å². The fraction of sp³-hybridized carbons (Fsp3) is 1.00. The summed E-state index contributed by atoms with van der Waals surface area (Å²) in [6.07, 6.45) is 4.97. The van der Waals surface area contributed by atoms with E-state index in [1.807, 2.05) is 0 Å². The van der Waals surface area contributed by atoms with Gasteiger partial charge >= 0.3 is 0 Å². The molecule has 0 saturated carbocycles. The monoisotopic (exact) mass is 327 g/mol. The molecule has 0 unspecified atom stereocenters. The van der Waals surface area contributed by atoms with Crippen LogP contribution in [0.4, 0.5) is 0 Å². The van der Waals surface area contributed by atoms with Crippen LogP contribution in [0.1, 0.15) is 32.1 Å². The second-order valence-corrected chi connectivity index (χ2v) is 7.46. The molecule has 0 aromatic heterocycles. The van der Waals surface area contributed by atoms with Crippen LogP contribution in [0.2, 0.25) is 0 Å². The van der Waals surface area contributed by atoms with Crippen LogP contribution in [0.15, 0.2) is 0 Å². The van der Waals surface area contributed by atoms with E-state index < -0.39 is 12.2 Å². The van der Waals surface area contributed by atoms with E-state index in [2.05, 4.69) is 22.2 Å². The lowest BCUT2D eigenvalue weighted by Crippen LogP contribution is -2.53.